The van der Waals surface area contributed by atoms with Crippen molar-refractivity contribution >= 4 is 12.1 Å². The van der Waals surface area contributed by atoms with Gasteiger partial charge in [0.15, 0.2) is 6.61 Å². The minimum absolute atomic E-state index is 0.0311. The molecule has 5 nitrogen and oxygen atoms in total. The Balaban J connectivity index is 2.38. The van der Waals surface area contributed by atoms with Crippen LogP contribution in [0.1, 0.15) is 6.42 Å². The molecule has 1 aliphatic heterocycles. The molecule has 0 bridgehead atoms. The van der Waals surface area contributed by atoms with Gasteiger partial charge in [0.05, 0.1) is 13.0 Å². The molecule has 8 heteroatoms. The van der Waals surface area contributed by atoms with Crippen molar-refractivity contribution < 1.29 is 32.2 Å². The van der Waals surface area contributed by atoms with E-state index in [4.69, 9.17) is 0 Å². The summed E-state index contributed by atoms with van der Waals surface area (Å²) in [4.78, 5) is 23.4. The summed E-state index contributed by atoms with van der Waals surface area (Å²) >= 11 is 0. The molecule has 0 aliphatic carbocycles. The molecule has 1 unspecified atom stereocenters. The number of amides is 1. The van der Waals surface area contributed by atoms with Crippen LogP contribution in [0.25, 0.3) is 0 Å². The molecule has 0 radical (unpaired) electrons. The summed E-state index contributed by atoms with van der Waals surface area (Å²) in [6, 6.07) is 0. The van der Waals surface area contributed by atoms with Gasteiger partial charge in [0.2, 0.25) is 0 Å². The third kappa shape index (κ3) is 4.12. The molecule has 1 fully saturated rings. The van der Waals surface area contributed by atoms with Crippen LogP contribution in [0.15, 0.2) is 0 Å². The summed E-state index contributed by atoms with van der Waals surface area (Å²) in [5.41, 5.74) is 0. The molecule has 1 heterocycles. The van der Waals surface area contributed by atoms with Crippen LogP contribution in [0.5, 0.6) is 0 Å². The van der Waals surface area contributed by atoms with Gasteiger partial charge >= 0.3 is 18.2 Å². The molecule has 0 aromatic heterocycles. The highest BCUT2D eigenvalue weighted by Gasteiger charge is 2.35. The van der Waals surface area contributed by atoms with Gasteiger partial charge in [-0.15, -0.1) is 0 Å². The Morgan fingerprint density at radius 3 is 2.59 bits per heavy atom. The number of rotatable bonds is 2. The monoisotopic (exact) mass is 255 g/mol. The van der Waals surface area contributed by atoms with Crippen LogP contribution in [0.3, 0.4) is 0 Å². The zero-order valence-electron chi connectivity index (χ0n) is 9.12. The maximum Gasteiger partial charge on any atom is 0.422 e. The van der Waals surface area contributed by atoms with E-state index in [0.717, 1.165) is 4.90 Å². The molecule has 1 atom stereocenters. The summed E-state index contributed by atoms with van der Waals surface area (Å²) < 4.78 is 43.9. The van der Waals surface area contributed by atoms with E-state index in [2.05, 4.69) is 9.47 Å². The summed E-state index contributed by atoms with van der Waals surface area (Å²) in [7, 11) is 1.22. The van der Waals surface area contributed by atoms with E-state index < -0.39 is 30.8 Å². The van der Waals surface area contributed by atoms with Gasteiger partial charge in [-0.3, -0.25) is 4.79 Å². The predicted molar refractivity (Wildman–Crippen MR) is 49.1 cm³/mol. The lowest BCUT2D eigenvalue weighted by Gasteiger charge is -2.16. The van der Waals surface area contributed by atoms with Crippen molar-refractivity contribution in [1.29, 1.82) is 0 Å². The lowest BCUT2D eigenvalue weighted by molar-refractivity contribution is -0.162. The van der Waals surface area contributed by atoms with Crippen molar-refractivity contribution in [3.05, 3.63) is 0 Å². The Bertz CT molecular complexity index is 305. The molecule has 0 aromatic rings. The Morgan fingerprint density at radius 1 is 1.41 bits per heavy atom. The number of carbonyl (C=O) groups is 2. The second-order valence-electron chi connectivity index (χ2n) is 3.62. The molecule has 98 valence electrons. The molecule has 0 aromatic carbocycles. The van der Waals surface area contributed by atoms with E-state index in [1.807, 2.05) is 0 Å². The zero-order chi connectivity index (χ0) is 13.1. The molecule has 1 saturated heterocycles. The SMILES string of the molecule is COC(=O)C1CCN(C(=O)OCC(F)(F)F)C1. The summed E-state index contributed by atoms with van der Waals surface area (Å²) in [6.45, 7) is -1.40. The van der Waals surface area contributed by atoms with Gasteiger partial charge in [-0.2, -0.15) is 13.2 Å². The van der Waals surface area contributed by atoms with Crippen LogP contribution in [0.2, 0.25) is 0 Å². The van der Waals surface area contributed by atoms with Gasteiger partial charge in [-0.25, -0.2) is 4.79 Å². The highest BCUT2D eigenvalue weighted by molar-refractivity contribution is 5.75. The van der Waals surface area contributed by atoms with Crippen LogP contribution in [-0.4, -0.2) is 49.9 Å². The molecule has 0 spiro atoms. The van der Waals surface area contributed by atoms with Crippen molar-refractivity contribution in [2.45, 2.75) is 12.6 Å². The fourth-order valence-electron chi connectivity index (χ4n) is 1.52. The number of hydrogen-bond donors (Lipinski definition) is 0. The Labute approximate surface area is 95.5 Å². The molecule has 1 amide bonds. The lowest BCUT2D eigenvalue weighted by Crippen LogP contribution is -2.33. The van der Waals surface area contributed by atoms with E-state index in [9.17, 15) is 22.8 Å². The standard InChI is InChI=1S/C9H12F3NO4/c1-16-7(14)6-2-3-13(4-6)8(15)17-5-9(10,11)12/h6H,2-5H2,1H3. The molecule has 0 N–H and O–H groups in total. The molecule has 0 saturated carbocycles. The number of hydrogen-bond acceptors (Lipinski definition) is 4. The van der Waals surface area contributed by atoms with Gasteiger partial charge in [-0.1, -0.05) is 0 Å². The first kappa shape index (κ1) is 13.6. The van der Waals surface area contributed by atoms with E-state index in [1.165, 1.54) is 7.11 Å². The molecule has 17 heavy (non-hydrogen) atoms. The lowest BCUT2D eigenvalue weighted by atomic mass is 10.1. The largest absolute Gasteiger partial charge is 0.469 e. The molecular formula is C9H12F3NO4. The fourth-order valence-corrected chi connectivity index (χ4v) is 1.52. The third-order valence-electron chi connectivity index (χ3n) is 2.34. The normalized spacial score (nSPS) is 20.2. The van der Waals surface area contributed by atoms with Gasteiger partial charge in [0.1, 0.15) is 0 Å². The smallest absolute Gasteiger partial charge is 0.422 e. The predicted octanol–water partition coefficient (Wildman–Crippen LogP) is 1.18. The first-order valence-corrected chi connectivity index (χ1v) is 4.90. The van der Waals surface area contributed by atoms with Crippen molar-refractivity contribution in [1.82, 2.24) is 4.90 Å². The number of esters is 1. The second kappa shape index (κ2) is 5.24. The fraction of sp³-hybridized carbons (Fsp3) is 0.778. The van der Waals surface area contributed by atoms with E-state index in [1.54, 1.807) is 0 Å². The average Bonchev–Trinajstić information content (AvgIpc) is 2.73. The number of alkyl halides is 3. The maximum absolute atomic E-state index is 11.8. The number of carbonyl (C=O) groups excluding carboxylic acids is 2. The quantitative estimate of drug-likeness (QED) is 0.695. The maximum atomic E-state index is 11.8. The molecule has 1 aliphatic rings. The number of nitrogens with zero attached hydrogens (tertiary/aromatic N) is 1. The Morgan fingerprint density at radius 2 is 2.06 bits per heavy atom. The molecule has 1 rings (SSSR count). The summed E-state index contributed by atoms with van der Waals surface area (Å²) in [5.74, 6) is -0.963. The van der Waals surface area contributed by atoms with Crippen LogP contribution in [-0.2, 0) is 14.3 Å². The van der Waals surface area contributed by atoms with Gasteiger partial charge < -0.3 is 14.4 Å². The minimum Gasteiger partial charge on any atom is -0.469 e. The van der Waals surface area contributed by atoms with Gasteiger partial charge in [-0.05, 0) is 6.42 Å². The first-order valence-electron chi connectivity index (χ1n) is 4.90. The second-order valence-corrected chi connectivity index (χ2v) is 3.62. The zero-order valence-corrected chi connectivity index (χ0v) is 9.12. The Hall–Kier alpha value is -1.47. The highest BCUT2D eigenvalue weighted by Crippen LogP contribution is 2.20. The number of methoxy groups -OCH3 is 1. The Kier molecular flexibility index (Phi) is 4.19. The van der Waals surface area contributed by atoms with Crippen LogP contribution in [0.4, 0.5) is 18.0 Å². The number of halogens is 3. The minimum atomic E-state index is -4.54. The average molecular weight is 255 g/mol. The van der Waals surface area contributed by atoms with Crippen LogP contribution in [0, 0.1) is 5.92 Å². The van der Waals surface area contributed by atoms with Crippen molar-refractivity contribution in [3.63, 3.8) is 0 Å². The first-order chi connectivity index (χ1) is 7.83. The topological polar surface area (TPSA) is 55.8 Å². The number of ether oxygens (including phenoxy) is 2. The van der Waals surface area contributed by atoms with E-state index in [0.29, 0.717) is 6.42 Å². The summed E-state index contributed by atoms with van der Waals surface area (Å²) in [6.07, 6.45) is -5.24. The third-order valence-corrected chi connectivity index (χ3v) is 2.34. The van der Waals surface area contributed by atoms with Crippen molar-refractivity contribution in [2.75, 3.05) is 26.8 Å². The van der Waals surface area contributed by atoms with Gasteiger partial charge in [0.25, 0.3) is 0 Å². The molecular weight excluding hydrogens is 243 g/mol. The number of likely N-dealkylation sites (tertiary alicyclic amines) is 1. The highest BCUT2D eigenvalue weighted by atomic mass is 19.4. The van der Waals surface area contributed by atoms with Crippen LogP contribution >= 0.6 is 0 Å². The van der Waals surface area contributed by atoms with E-state index >= 15 is 0 Å². The van der Waals surface area contributed by atoms with E-state index in [-0.39, 0.29) is 13.1 Å². The van der Waals surface area contributed by atoms with Crippen LogP contribution < -0.4 is 0 Å². The summed E-state index contributed by atoms with van der Waals surface area (Å²) in [5, 5.41) is 0. The van der Waals surface area contributed by atoms with Gasteiger partial charge in [0, 0.05) is 13.1 Å². The van der Waals surface area contributed by atoms with Crippen molar-refractivity contribution in [3.8, 4) is 0 Å². The van der Waals surface area contributed by atoms with Crippen molar-refractivity contribution in [2.24, 2.45) is 5.92 Å².